The first-order valence-corrected chi connectivity index (χ1v) is 6.78. The summed E-state index contributed by atoms with van der Waals surface area (Å²) in [7, 11) is 0. The van der Waals surface area contributed by atoms with E-state index in [9.17, 15) is 14.9 Å². The summed E-state index contributed by atoms with van der Waals surface area (Å²) in [6, 6.07) is 1.60. The molecule has 1 aromatic rings. The van der Waals surface area contributed by atoms with Crippen molar-refractivity contribution in [2.75, 3.05) is 11.9 Å². The fraction of sp³-hybridized carbons (Fsp3) is 0.571. The Labute approximate surface area is 123 Å². The van der Waals surface area contributed by atoms with Gasteiger partial charge in [-0.3, -0.25) is 14.9 Å². The van der Waals surface area contributed by atoms with Crippen molar-refractivity contribution >= 4 is 17.5 Å². The maximum Gasteiger partial charge on any atom is 0.314 e. The molecule has 2 N–H and O–H groups in total. The van der Waals surface area contributed by atoms with Gasteiger partial charge in [0.2, 0.25) is 5.82 Å². The van der Waals surface area contributed by atoms with Gasteiger partial charge < -0.3 is 10.4 Å². The van der Waals surface area contributed by atoms with Gasteiger partial charge in [-0.15, -0.1) is 0 Å². The van der Waals surface area contributed by atoms with Crippen LogP contribution in [0.15, 0.2) is 12.3 Å². The highest BCUT2D eigenvalue weighted by molar-refractivity contribution is 5.66. The van der Waals surface area contributed by atoms with Gasteiger partial charge in [-0.1, -0.05) is 13.8 Å². The standard InChI is InChI=1S/C14H21N3O4/c1-10-5-8-15-13(12(10)17(20)21)16-9-7-14(2,3)6-4-11(18)19/h5,8H,4,6-7,9H2,1-3H3,(H,15,16)(H,18,19). The summed E-state index contributed by atoms with van der Waals surface area (Å²) >= 11 is 0. The molecule has 1 rings (SSSR count). The van der Waals surface area contributed by atoms with Gasteiger partial charge in [0.05, 0.1) is 4.92 Å². The number of pyridine rings is 1. The lowest BCUT2D eigenvalue weighted by Crippen LogP contribution is -2.19. The van der Waals surface area contributed by atoms with E-state index in [4.69, 9.17) is 5.11 Å². The maximum atomic E-state index is 11.0. The van der Waals surface area contributed by atoms with Crippen LogP contribution in [0, 0.1) is 22.5 Å². The van der Waals surface area contributed by atoms with Crippen LogP contribution in [0.1, 0.15) is 38.7 Å². The molecule has 0 bridgehead atoms. The van der Waals surface area contributed by atoms with Crippen LogP contribution in [-0.4, -0.2) is 27.5 Å². The van der Waals surface area contributed by atoms with Crippen LogP contribution in [0.4, 0.5) is 11.5 Å². The number of carboxylic acid groups (broad SMARTS) is 1. The summed E-state index contributed by atoms with van der Waals surface area (Å²) in [6.07, 6.45) is 2.91. The number of carbonyl (C=O) groups is 1. The lowest BCUT2D eigenvalue weighted by Gasteiger charge is -2.23. The van der Waals surface area contributed by atoms with Crippen LogP contribution in [-0.2, 0) is 4.79 Å². The van der Waals surface area contributed by atoms with E-state index in [1.807, 2.05) is 13.8 Å². The topological polar surface area (TPSA) is 105 Å². The van der Waals surface area contributed by atoms with Crippen LogP contribution in [0.25, 0.3) is 0 Å². The second-order valence-electron chi connectivity index (χ2n) is 5.82. The highest BCUT2D eigenvalue weighted by atomic mass is 16.6. The number of aryl methyl sites for hydroxylation is 1. The molecule has 7 heteroatoms. The van der Waals surface area contributed by atoms with E-state index in [1.54, 1.807) is 13.0 Å². The summed E-state index contributed by atoms with van der Waals surface area (Å²) in [5, 5.41) is 22.7. The van der Waals surface area contributed by atoms with E-state index in [1.165, 1.54) is 6.20 Å². The largest absolute Gasteiger partial charge is 0.481 e. The van der Waals surface area contributed by atoms with Gasteiger partial charge in [0, 0.05) is 24.7 Å². The highest BCUT2D eigenvalue weighted by Crippen LogP contribution is 2.29. The molecule has 1 heterocycles. The second kappa shape index (κ2) is 7.01. The first kappa shape index (κ1) is 16.9. The molecule has 7 nitrogen and oxygen atoms in total. The van der Waals surface area contributed by atoms with E-state index < -0.39 is 10.9 Å². The summed E-state index contributed by atoms with van der Waals surface area (Å²) in [5.74, 6) is -0.555. The van der Waals surface area contributed by atoms with Gasteiger partial charge in [-0.25, -0.2) is 4.98 Å². The number of nitrogens with zero attached hydrogens (tertiary/aromatic N) is 2. The average molecular weight is 295 g/mol. The fourth-order valence-corrected chi connectivity index (χ4v) is 2.00. The van der Waals surface area contributed by atoms with E-state index in [0.29, 0.717) is 24.9 Å². The normalized spacial score (nSPS) is 11.2. The minimum atomic E-state index is -0.813. The molecule has 0 saturated heterocycles. The second-order valence-corrected chi connectivity index (χ2v) is 5.82. The molecule has 116 valence electrons. The average Bonchev–Trinajstić information content (AvgIpc) is 2.36. The molecule has 0 amide bonds. The molecule has 0 aliphatic heterocycles. The predicted molar refractivity (Wildman–Crippen MR) is 79.4 cm³/mol. The van der Waals surface area contributed by atoms with Crippen molar-refractivity contribution < 1.29 is 14.8 Å². The maximum absolute atomic E-state index is 11.0. The van der Waals surface area contributed by atoms with Crippen molar-refractivity contribution in [2.45, 2.75) is 40.0 Å². The third kappa shape index (κ3) is 5.37. The molecule has 21 heavy (non-hydrogen) atoms. The van der Waals surface area contributed by atoms with Gasteiger partial charge >= 0.3 is 11.7 Å². The summed E-state index contributed by atoms with van der Waals surface area (Å²) < 4.78 is 0. The Morgan fingerprint density at radius 2 is 2.14 bits per heavy atom. The van der Waals surface area contributed by atoms with E-state index in [2.05, 4.69) is 10.3 Å². The monoisotopic (exact) mass is 295 g/mol. The third-order valence-corrected chi connectivity index (χ3v) is 3.42. The number of hydrogen-bond donors (Lipinski definition) is 2. The summed E-state index contributed by atoms with van der Waals surface area (Å²) in [6.45, 7) is 6.14. The van der Waals surface area contributed by atoms with Crippen molar-refractivity contribution in [1.29, 1.82) is 0 Å². The number of carboxylic acids is 1. The zero-order valence-corrected chi connectivity index (χ0v) is 12.5. The molecule has 0 atom stereocenters. The Balaban J connectivity index is 2.62. The van der Waals surface area contributed by atoms with Gasteiger partial charge in [0.1, 0.15) is 0 Å². The smallest absolute Gasteiger partial charge is 0.314 e. The Bertz CT molecular complexity index is 529. The molecule has 0 aliphatic rings. The fourth-order valence-electron chi connectivity index (χ4n) is 2.00. The Kier molecular flexibility index (Phi) is 5.63. The number of nitro groups is 1. The zero-order valence-electron chi connectivity index (χ0n) is 12.5. The van der Waals surface area contributed by atoms with Crippen molar-refractivity contribution in [2.24, 2.45) is 5.41 Å². The van der Waals surface area contributed by atoms with Crippen LogP contribution in [0.2, 0.25) is 0 Å². The Morgan fingerprint density at radius 1 is 1.48 bits per heavy atom. The van der Waals surface area contributed by atoms with E-state index in [-0.39, 0.29) is 23.3 Å². The lowest BCUT2D eigenvalue weighted by molar-refractivity contribution is -0.384. The molecular weight excluding hydrogens is 274 g/mol. The van der Waals surface area contributed by atoms with E-state index in [0.717, 1.165) is 0 Å². The summed E-state index contributed by atoms with van der Waals surface area (Å²) in [5.41, 5.74) is 0.396. The SMILES string of the molecule is Cc1ccnc(NCCC(C)(C)CCC(=O)O)c1[N+](=O)[O-]. The van der Waals surface area contributed by atoms with Gasteiger partial charge in [0.25, 0.3) is 0 Å². The number of nitrogens with one attached hydrogen (secondary N) is 1. The molecule has 0 unspecified atom stereocenters. The highest BCUT2D eigenvalue weighted by Gasteiger charge is 2.21. The van der Waals surface area contributed by atoms with E-state index >= 15 is 0 Å². The molecule has 0 fully saturated rings. The van der Waals surface area contributed by atoms with Crippen molar-refractivity contribution in [3.63, 3.8) is 0 Å². The molecule has 0 saturated carbocycles. The van der Waals surface area contributed by atoms with Crippen LogP contribution in [0.3, 0.4) is 0 Å². The quantitative estimate of drug-likeness (QED) is 0.564. The predicted octanol–water partition coefficient (Wildman–Crippen LogP) is 2.99. The Morgan fingerprint density at radius 3 is 2.71 bits per heavy atom. The Hall–Kier alpha value is -2.18. The molecule has 1 aromatic heterocycles. The van der Waals surface area contributed by atoms with Crippen LogP contribution >= 0.6 is 0 Å². The van der Waals surface area contributed by atoms with Crippen molar-refractivity contribution in [3.05, 3.63) is 27.9 Å². The minimum Gasteiger partial charge on any atom is -0.481 e. The van der Waals surface area contributed by atoms with Gasteiger partial charge in [-0.2, -0.15) is 0 Å². The molecular formula is C14H21N3O4. The number of aliphatic carboxylic acids is 1. The number of anilines is 1. The molecule has 0 aromatic carbocycles. The molecule has 0 aliphatic carbocycles. The molecule has 0 spiro atoms. The molecule has 0 radical (unpaired) electrons. The number of rotatable bonds is 8. The summed E-state index contributed by atoms with van der Waals surface area (Å²) in [4.78, 5) is 25.2. The van der Waals surface area contributed by atoms with Crippen molar-refractivity contribution in [3.8, 4) is 0 Å². The number of aromatic nitrogens is 1. The van der Waals surface area contributed by atoms with Crippen molar-refractivity contribution in [1.82, 2.24) is 4.98 Å². The van der Waals surface area contributed by atoms with Crippen LogP contribution in [0.5, 0.6) is 0 Å². The number of hydrogen-bond acceptors (Lipinski definition) is 5. The third-order valence-electron chi connectivity index (χ3n) is 3.42. The van der Waals surface area contributed by atoms with Gasteiger partial charge in [0.15, 0.2) is 0 Å². The first-order valence-electron chi connectivity index (χ1n) is 6.78. The van der Waals surface area contributed by atoms with Gasteiger partial charge in [-0.05, 0) is 31.2 Å². The minimum absolute atomic E-state index is 0.0131. The lowest BCUT2D eigenvalue weighted by atomic mass is 9.84. The van der Waals surface area contributed by atoms with Crippen LogP contribution < -0.4 is 5.32 Å². The zero-order chi connectivity index (χ0) is 16.0. The first-order chi connectivity index (χ1) is 9.73.